The first-order valence-electron chi connectivity index (χ1n) is 8.69. The number of hydrogen-bond acceptors (Lipinski definition) is 3. The summed E-state index contributed by atoms with van der Waals surface area (Å²) in [6, 6.07) is 5.15. The van der Waals surface area contributed by atoms with E-state index in [0.29, 0.717) is 6.04 Å². The van der Waals surface area contributed by atoms with Gasteiger partial charge in [0.1, 0.15) is 5.82 Å². The number of hydrogen-bond donors (Lipinski definition) is 0. The van der Waals surface area contributed by atoms with Crippen LogP contribution in [-0.2, 0) is 0 Å². The molecule has 21 heavy (non-hydrogen) atoms. The molecule has 3 heterocycles. The Morgan fingerprint density at radius 2 is 1.86 bits per heavy atom. The summed E-state index contributed by atoms with van der Waals surface area (Å²) in [4.78, 5) is 9.83. The zero-order valence-corrected chi connectivity index (χ0v) is 13.6. The molecule has 2 fully saturated rings. The molecule has 116 valence electrons. The van der Waals surface area contributed by atoms with Gasteiger partial charge in [-0.1, -0.05) is 26.3 Å². The summed E-state index contributed by atoms with van der Waals surface area (Å²) in [6.45, 7) is 9.44. The summed E-state index contributed by atoms with van der Waals surface area (Å²) < 4.78 is 0. The quantitative estimate of drug-likeness (QED) is 0.838. The molecule has 2 saturated heterocycles. The molecule has 1 atom stereocenters. The molecule has 0 radical (unpaired) electrons. The van der Waals surface area contributed by atoms with Gasteiger partial charge in [0, 0.05) is 31.9 Å². The van der Waals surface area contributed by atoms with Crippen molar-refractivity contribution >= 4 is 5.82 Å². The van der Waals surface area contributed by atoms with Gasteiger partial charge in [-0.15, -0.1) is 0 Å². The summed E-state index contributed by atoms with van der Waals surface area (Å²) in [6.07, 6.45) is 8.76. The fraction of sp³-hybridized carbons (Fsp3) is 0.722. The first-order chi connectivity index (χ1) is 10.2. The molecule has 0 unspecified atom stereocenters. The number of nitrogens with zero attached hydrogens (tertiary/aromatic N) is 3. The Balaban J connectivity index is 1.71. The SMILES string of the molecule is CC(C)CN1CCCC[C@H]1c1ccc(N2CCCC2)nc1. The fourth-order valence-corrected chi connectivity index (χ4v) is 3.78. The Kier molecular flexibility index (Phi) is 4.79. The normalized spacial score (nSPS) is 24.0. The minimum Gasteiger partial charge on any atom is -0.357 e. The smallest absolute Gasteiger partial charge is 0.128 e. The molecule has 2 aliphatic heterocycles. The van der Waals surface area contributed by atoms with E-state index < -0.39 is 0 Å². The summed E-state index contributed by atoms with van der Waals surface area (Å²) in [5, 5.41) is 0. The maximum absolute atomic E-state index is 4.75. The van der Waals surface area contributed by atoms with Crippen LogP contribution in [-0.4, -0.2) is 36.1 Å². The van der Waals surface area contributed by atoms with Crippen LogP contribution in [0.3, 0.4) is 0 Å². The molecule has 1 aromatic heterocycles. The van der Waals surface area contributed by atoms with E-state index in [1.807, 2.05) is 0 Å². The number of aromatic nitrogens is 1. The summed E-state index contributed by atoms with van der Waals surface area (Å²) >= 11 is 0. The molecule has 0 amide bonds. The Hall–Kier alpha value is -1.09. The monoisotopic (exact) mass is 287 g/mol. The first kappa shape index (κ1) is 14.8. The molecule has 2 aliphatic rings. The van der Waals surface area contributed by atoms with Gasteiger partial charge < -0.3 is 4.90 Å². The van der Waals surface area contributed by atoms with Crippen LogP contribution in [0.4, 0.5) is 5.82 Å². The summed E-state index contributed by atoms with van der Waals surface area (Å²) in [5.74, 6) is 1.91. The van der Waals surface area contributed by atoms with Crippen LogP contribution in [0, 0.1) is 5.92 Å². The Morgan fingerprint density at radius 3 is 2.52 bits per heavy atom. The third kappa shape index (κ3) is 3.57. The van der Waals surface area contributed by atoms with Crippen LogP contribution in [0.5, 0.6) is 0 Å². The summed E-state index contributed by atoms with van der Waals surface area (Å²) in [5.41, 5.74) is 1.42. The van der Waals surface area contributed by atoms with Crippen LogP contribution in [0.15, 0.2) is 18.3 Å². The maximum atomic E-state index is 4.75. The molecular formula is C18H29N3. The number of piperidine rings is 1. The van der Waals surface area contributed by atoms with E-state index in [1.54, 1.807) is 0 Å². The molecule has 1 aromatic rings. The van der Waals surface area contributed by atoms with Gasteiger partial charge >= 0.3 is 0 Å². The summed E-state index contributed by atoms with van der Waals surface area (Å²) in [7, 11) is 0. The van der Waals surface area contributed by atoms with E-state index in [1.165, 1.54) is 69.7 Å². The maximum Gasteiger partial charge on any atom is 0.128 e. The highest BCUT2D eigenvalue weighted by Crippen LogP contribution is 2.32. The van der Waals surface area contributed by atoms with E-state index in [9.17, 15) is 0 Å². The van der Waals surface area contributed by atoms with Crippen molar-refractivity contribution in [3.8, 4) is 0 Å². The predicted molar refractivity (Wildman–Crippen MR) is 88.7 cm³/mol. The van der Waals surface area contributed by atoms with Crippen LogP contribution >= 0.6 is 0 Å². The average molecular weight is 287 g/mol. The molecule has 0 saturated carbocycles. The van der Waals surface area contributed by atoms with Crippen molar-refractivity contribution in [3.63, 3.8) is 0 Å². The second-order valence-corrected chi connectivity index (χ2v) is 7.04. The van der Waals surface area contributed by atoms with E-state index in [-0.39, 0.29) is 0 Å². The lowest BCUT2D eigenvalue weighted by molar-refractivity contribution is 0.132. The van der Waals surface area contributed by atoms with Crippen molar-refractivity contribution in [2.45, 2.75) is 52.0 Å². The number of anilines is 1. The van der Waals surface area contributed by atoms with Gasteiger partial charge in [-0.2, -0.15) is 0 Å². The number of rotatable bonds is 4. The average Bonchev–Trinajstić information content (AvgIpc) is 3.02. The number of pyridine rings is 1. The van der Waals surface area contributed by atoms with Gasteiger partial charge in [-0.05, 0) is 49.8 Å². The van der Waals surface area contributed by atoms with Crippen molar-refractivity contribution < 1.29 is 0 Å². The van der Waals surface area contributed by atoms with Crippen molar-refractivity contribution in [3.05, 3.63) is 23.9 Å². The van der Waals surface area contributed by atoms with Gasteiger partial charge in [0.15, 0.2) is 0 Å². The molecule has 3 heteroatoms. The van der Waals surface area contributed by atoms with E-state index >= 15 is 0 Å². The minimum atomic E-state index is 0.585. The lowest BCUT2D eigenvalue weighted by Crippen LogP contribution is -2.36. The molecule has 0 aromatic carbocycles. The Morgan fingerprint density at radius 1 is 1.10 bits per heavy atom. The topological polar surface area (TPSA) is 19.4 Å². The van der Waals surface area contributed by atoms with E-state index in [4.69, 9.17) is 4.98 Å². The highest BCUT2D eigenvalue weighted by Gasteiger charge is 2.25. The first-order valence-corrected chi connectivity index (χ1v) is 8.69. The van der Waals surface area contributed by atoms with Crippen LogP contribution in [0.1, 0.15) is 57.6 Å². The molecule has 3 nitrogen and oxygen atoms in total. The van der Waals surface area contributed by atoms with Gasteiger partial charge in [-0.25, -0.2) is 4.98 Å². The molecule has 3 rings (SSSR count). The van der Waals surface area contributed by atoms with Crippen LogP contribution in [0.2, 0.25) is 0 Å². The second-order valence-electron chi connectivity index (χ2n) is 7.04. The van der Waals surface area contributed by atoms with E-state index in [2.05, 4.69) is 42.0 Å². The third-order valence-electron chi connectivity index (χ3n) is 4.80. The lowest BCUT2D eigenvalue weighted by Gasteiger charge is -2.37. The van der Waals surface area contributed by atoms with Crippen LogP contribution < -0.4 is 4.90 Å². The van der Waals surface area contributed by atoms with Crippen molar-refractivity contribution in [1.82, 2.24) is 9.88 Å². The molecule has 0 spiro atoms. The highest BCUT2D eigenvalue weighted by molar-refractivity contribution is 5.40. The Labute approximate surface area is 129 Å². The largest absolute Gasteiger partial charge is 0.357 e. The standard InChI is InChI=1S/C18H29N3/c1-15(2)14-21-12-4-3-7-17(21)16-8-9-18(19-13-16)20-10-5-6-11-20/h8-9,13,15,17H,3-7,10-12,14H2,1-2H3/t17-/m0/s1. The molecular weight excluding hydrogens is 258 g/mol. The zero-order valence-electron chi connectivity index (χ0n) is 13.6. The highest BCUT2D eigenvalue weighted by atomic mass is 15.2. The second kappa shape index (κ2) is 6.78. The van der Waals surface area contributed by atoms with E-state index in [0.717, 1.165) is 5.92 Å². The predicted octanol–water partition coefficient (Wildman–Crippen LogP) is 3.86. The molecule has 0 bridgehead atoms. The van der Waals surface area contributed by atoms with Crippen LogP contribution in [0.25, 0.3) is 0 Å². The van der Waals surface area contributed by atoms with Crippen molar-refractivity contribution in [1.29, 1.82) is 0 Å². The van der Waals surface area contributed by atoms with Gasteiger partial charge in [-0.3, -0.25) is 4.90 Å². The number of likely N-dealkylation sites (tertiary alicyclic amines) is 1. The molecule has 0 N–H and O–H groups in total. The van der Waals surface area contributed by atoms with Crippen molar-refractivity contribution in [2.24, 2.45) is 5.92 Å². The van der Waals surface area contributed by atoms with Gasteiger partial charge in [0.2, 0.25) is 0 Å². The Bertz CT molecular complexity index is 434. The van der Waals surface area contributed by atoms with Crippen molar-refractivity contribution in [2.75, 3.05) is 31.1 Å². The molecule has 0 aliphatic carbocycles. The fourth-order valence-electron chi connectivity index (χ4n) is 3.78. The minimum absolute atomic E-state index is 0.585. The van der Waals surface area contributed by atoms with Gasteiger partial charge in [0.05, 0.1) is 0 Å². The lowest BCUT2D eigenvalue weighted by atomic mass is 9.95. The zero-order chi connectivity index (χ0) is 14.7. The van der Waals surface area contributed by atoms with Gasteiger partial charge in [0.25, 0.3) is 0 Å². The third-order valence-corrected chi connectivity index (χ3v) is 4.80.